The van der Waals surface area contributed by atoms with Gasteiger partial charge in [0.05, 0.1) is 6.61 Å². The van der Waals surface area contributed by atoms with Gasteiger partial charge in [-0.25, -0.2) is 9.59 Å². The number of aromatic nitrogens is 1. The molecule has 3 aromatic rings. The Morgan fingerprint density at radius 1 is 1.09 bits per heavy atom. The Hall–Kier alpha value is -4.18. The first-order chi connectivity index (χ1) is 16.0. The van der Waals surface area contributed by atoms with E-state index >= 15 is 0 Å². The number of benzene rings is 2. The van der Waals surface area contributed by atoms with Crippen molar-refractivity contribution in [3.63, 3.8) is 0 Å². The molecule has 0 fully saturated rings. The van der Waals surface area contributed by atoms with Gasteiger partial charge in [0.15, 0.2) is 11.7 Å². The number of hydrogen-bond donors (Lipinski definition) is 3. The number of amides is 2. The van der Waals surface area contributed by atoms with Gasteiger partial charge in [-0.1, -0.05) is 53.7 Å². The highest BCUT2D eigenvalue weighted by Crippen LogP contribution is 2.44. The van der Waals surface area contributed by atoms with Crippen LogP contribution in [0.5, 0.6) is 0 Å². The van der Waals surface area contributed by atoms with Crippen molar-refractivity contribution in [1.82, 2.24) is 10.5 Å². The lowest BCUT2D eigenvalue weighted by atomic mass is 9.98. The molecule has 10 nitrogen and oxygen atoms in total. The van der Waals surface area contributed by atoms with Crippen LogP contribution in [0.2, 0.25) is 0 Å². The van der Waals surface area contributed by atoms with Gasteiger partial charge in [0, 0.05) is 19.1 Å². The third-order valence-corrected chi connectivity index (χ3v) is 5.25. The van der Waals surface area contributed by atoms with Crippen LogP contribution < -0.4 is 10.6 Å². The molecule has 1 aliphatic carbocycles. The van der Waals surface area contributed by atoms with Gasteiger partial charge in [-0.2, -0.15) is 0 Å². The molecule has 1 aliphatic rings. The standard InChI is InChI=1S/C23H21N3O7/c1-31-12-19(22(28)29)24-21(27)18-10-20(33-26-18)25-23(30)32-11-17-15-8-4-2-6-13(15)14-7-3-5-9-16(14)17/h2-10,17,19H,11-12H2,1H3,(H,24,27)(H,25,30)(H,28,29)/t19-/m0/s1. The Morgan fingerprint density at radius 3 is 2.33 bits per heavy atom. The van der Waals surface area contributed by atoms with Crippen molar-refractivity contribution in [2.24, 2.45) is 0 Å². The number of anilines is 1. The molecule has 0 saturated carbocycles. The summed E-state index contributed by atoms with van der Waals surface area (Å²) in [7, 11) is 1.31. The molecule has 33 heavy (non-hydrogen) atoms. The van der Waals surface area contributed by atoms with Crippen molar-refractivity contribution >= 4 is 23.9 Å². The third-order valence-electron chi connectivity index (χ3n) is 5.25. The fraction of sp³-hybridized carbons (Fsp3) is 0.217. The molecule has 0 saturated heterocycles. The molecule has 2 aromatic carbocycles. The minimum atomic E-state index is -1.26. The number of carboxylic acids is 1. The molecule has 0 radical (unpaired) electrons. The smallest absolute Gasteiger partial charge is 0.414 e. The maximum atomic E-state index is 12.3. The molecule has 0 spiro atoms. The fourth-order valence-electron chi connectivity index (χ4n) is 3.75. The van der Waals surface area contributed by atoms with Crippen LogP contribution in [0.4, 0.5) is 10.7 Å². The van der Waals surface area contributed by atoms with E-state index in [1.807, 2.05) is 48.5 Å². The van der Waals surface area contributed by atoms with Gasteiger partial charge in [0.25, 0.3) is 5.91 Å². The average Bonchev–Trinajstić information content (AvgIpc) is 3.40. The second-order valence-corrected chi connectivity index (χ2v) is 7.35. The van der Waals surface area contributed by atoms with E-state index < -0.39 is 24.0 Å². The second kappa shape index (κ2) is 9.53. The van der Waals surface area contributed by atoms with E-state index in [9.17, 15) is 14.4 Å². The molecule has 0 unspecified atom stereocenters. The van der Waals surface area contributed by atoms with E-state index in [4.69, 9.17) is 19.1 Å². The lowest BCUT2D eigenvalue weighted by Gasteiger charge is -2.14. The molecule has 2 amide bonds. The van der Waals surface area contributed by atoms with Crippen molar-refractivity contribution in [1.29, 1.82) is 0 Å². The van der Waals surface area contributed by atoms with Gasteiger partial charge < -0.3 is 24.4 Å². The zero-order valence-corrected chi connectivity index (χ0v) is 17.6. The average molecular weight is 451 g/mol. The highest BCUT2D eigenvalue weighted by molar-refractivity contribution is 5.96. The SMILES string of the molecule is COC[C@H](NC(=O)c1cc(NC(=O)OCC2c3ccccc3-c3ccccc32)on1)C(=O)O. The summed E-state index contributed by atoms with van der Waals surface area (Å²) in [5, 5.41) is 17.3. The first-order valence-corrected chi connectivity index (χ1v) is 10.1. The normalized spacial score (nSPS) is 13.0. The zero-order chi connectivity index (χ0) is 23.4. The summed E-state index contributed by atoms with van der Waals surface area (Å²) in [5.41, 5.74) is 4.18. The number of carbonyl (C=O) groups excluding carboxylic acids is 2. The minimum Gasteiger partial charge on any atom is -0.480 e. The molecule has 3 N–H and O–H groups in total. The Kier molecular flexibility index (Phi) is 6.36. The number of ether oxygens (including phenoxy) is 2. The van der Waals surface area contributed by atoms with Gasteiger partial charge in [0.1, 0.15) is 6.61 Å². The number of carboxylic acid groups (broad SMARTS) is 1. The van der Waals surface area contributed by atoms with E-state index in [-0.39, 0.29) is 30.7 Å². The monoisotopic (exact) mass is 451 g/mol. The highest BCUT2D eigenvalue weighted by atomic mass is 16.6. The van der Waals surface area contributed by atoms with Crippen LogP contribution in [0.3, 0.4) is 0 Å². The Bertz CT molecular complexity index is 1140. The van der Waals surface area contributed by atoms with Crippen LogP contribution in [0.15, 0.2) is 59.1 Å². The summed E-state index contributed by atoms with van der Waals surface area (Å²) in [5.74, 6) is -2.27. The molecule has 170 valence electrons. The van der Waals surface area contributed by atoms with Crippen molar-refractivity contribution in [3.05, 3.63) is 71.4 Å². The molecule has 1 aromatic heterocycles. The summed E-state index contributed by atoms with van der Waals surface area (Å²) >= 11 is 0. The van der Waals surface area contributed by atoms with E-state index in [2.05, 4.69) is 15.8 Å². The van der Waals surface area contributed by atoms with Gasteiger partial charge in [0.2, 0.25) is 5.88 Å². The predicted octanol–water partition coefficient (Wildman–Crippen LogP) is 2.87. The van der Waals surface area contributed by atoms with Crippen LogP contribution in [0.1, 0.15) is 27.5 Å². The quantitative estimate of drug-likeness (QED) is 0.475. The molecule has 0 bridgehead atoms. The van der Waals surface area contributed by atoms with Crippen LogP contribution in [0, 0.1) is 0 Å². The van der Waals surface area contributed by atoms with Crippen molar-refractivity contribution in [2.75, 3.05) is 25.6 Å². The Balaban J connectivity index is 1.36. The number of aliphatic carboxylic acids is 1. The van der Waals surface area contributed by atoms with Crippen molar-refractivity contribution in [2.45, 2.75) is 12.0 Å². The van der Waals surface area contributed by atoms with E-state index in [0.717, 1.165) is 22.3 Å². The first kappa shape index (κ1) is 22.0. The van der Waals surface area contributed by atoms with Crippen LogP contribution in [0.25, 0.3) is 11.1 Å². The van der Waals surface area contributed by atoms with Crippen molar-refractivity contribution in [3.8, 4) is 11.1 Å². The molecular formula is C23H21N3O7. The summed E-state index contributed by atoms with van der Waals surface area (Å²) in [6, 6.07) is 15.8. The van der Waals surface area contributed by atoms with E-state index in [1.54, 1.807) is 0 Å². The molecule has 0 aliphatic heterocycles. The summed E-state index contributed by atoms with van der Waals surface area (Å²) in [4.78, 5) is 35.6. The number of hydrogen-bond acceptors (Lipinski definition) is 7. The van der Waals surface area contributed by atoms with Crippen LogP contribution >= 0.6 is 0 Å². The number of rotatable bonds is 8. The van der Waals surface area contributed by atoms with Crippen LogP contribution in [-0.4, -0.2) is 54.6 Å². The van der Waals surface area contributed by atoms with Gasteiger partial charge in [-0.15, -0.1) is 0 Å². The maximum absolute atomic E-state index is 12.3. The summed E-state index contributed by atoms with van der Waals surface area (Å²) < 4.78 is 15.1. The van der Waals surface area contributed by atoms with Crippen LogP contribution in [-0.2, 0) is 14.3 Å². The molecule has 10 heteroatoms. The van der Waals surface area contributed by atoms with Crippen molar-refractivity contribution < 1.29 is 33.5 Å². The summed E-state index contributed by atoms with van der Waals surface area (Å²) in [6.07, 6.45) is -0.775. The minimum absolute atomic E-state index is 0.104. The van der Waals surface area contributed by atoms with E-state index in [1.165, 1.54) is 13.2 Å². The third kappa shape index (κ3) is 4.70. The molecule has 1 heterocycles. The topological polar surface area (TPSA) is 140 Å². The summed E-state index contributed by atoms with van der Waals surface area (Å²) in [6.45, 7) is -0.109. The lowest BCUT2D eigenvalue weighted by molar-refractivity contribution is -0.140. The van der Waals surface area contributed by atoms with Gasteiger partial charge in [-0.3, -0.25) is 10.1 Å². The Morgan fingerprint density at radius 2 is 1.73 bits per heavy atom. The number of nitrogens with one attached hydrogen (secondary N) is 2. The van der Waals surface area contributed by atoms with Gasteiger partial charge in [-0.05, 0) is 22.3 Å². The first-order valence-electron chi connectivity index (χ1n) is 10.1. The second-order valence-electron chi connectivity index (χ2n) is 7.35. The number of nitrogens with zero attached hydrogens (tertiary/aromatic N) is 1. The largest absolute Gasteiger partial charge is 0.480 e. The molecule has 1 atom stereocenters. The molecule has 4 rings (SSSR count). The predicted molar refractivity (Wildman–Crippen MR) is 116 cm³/mol. The zero-order valence-electron chi connectivity index (χ0n) is 17.6. The van der Waals surface area contributed by atoms with E-state index in [0.29, 0.717) is 0 Å². The lowest BCUT2D eigenvalue weighted by Crippen LogP contribution is -2.43. The maximum Gasteiger partial charge on any atom is 0.414 e. The Labute approximate surface area is 188 Å². The van der Waals surface area contributed by atoms with Gasteiger partial charge >= 0.3 is 12.1 Å². The number of fused-ring (bicyclic) bond motifs is 3. The number of methoxy groups -OCH3 is 1. The molecular weight excluding hydrogens is 430 g/mol. The highest BCUT2D eigenvalue weighted by Gasteiger charge is 2.29. The fourth-order valence-corrected chi connectivity index (χ4v) is 3.75. The number of carbonyl (C=O) groups is 3.